The van der Waals surface area contributed by atoms with Gasteiger partial charge in [0, 0.05) is 5.56 Å². The van der Waals surface area contributed by atoms with Gasteiger partial charge in [-0.1, -0.05) is 36.5 Å². The van der Waals surface area contributed by atoms with Crippen LogP contribution in [0.2, 0.25) is 0 Å². The van der Waals surface area contributed by atoms with Crippen molar-refractivity contribution in [1.82, 2.24) is 0 Å². The Hall–Kier alpha value is -0.420. The molecule has 1 aromatic carbocycles. The van der Waals surface area contributed by atoms with Crippen molar-refractivity contribution in [2.24, 2.45) is 0 Å². The second-order valence-corrected chi connectivity index (χ2v) is 3.46. The average Bonchev–Trinajstić information content (AvgIpc) is 2.04. The molecule has 0 aliphatic rings. The molecule has 0 spiro atoms. The maximum absolute atomic E-state index is 8.76. The number of benzene rings is 1. The van der Waals surface area contributed by atoms with Crippen LogP contribution >= 0.6 is 24.8 Å². The Morgan fingerprint density at radius 1 is 1.25 bits per heavy atom. The fourth-order valence-electron chi connectivity index (χ4n) is 0.798. The molecule has 2 nitrogen and oxygen atoms in total. The first kappa shape index (κ1) is 9.67. The highest BCUT2D eigenvalue weighted by molar-refractivity contribution is 8.11. The molecule has 0 aromatic heterocycles. The summed E-state index contributed by atoms with van der Waals surface area (Å²) in [4.78, 5) is 0. The standard InChI is InChI=1S/C8H8O2S2/c9-7(10)5-1-3-6(4-2-5)8(11)12/h1-4,7,9-10H,(H,11,12). The minimum absolute atomic E-state index is 0.448. The lowest BCUT2D eigenvalue weighted by Gasteiger charge is -2.03. The molecule has 1 rings (SSSR count). The van der Waals surface area contributed by atoms with Gasteiger partial charge >= 0.3 is 0 Å². The highest BCUT2D eigenvalue weighted by atomic mass is 32.1. The third-order valence-electron chi connectivity index (χ3n) is 1.46. The van der Waals surface area contributed by atoms with Gasteiger partial charge < -0.3 is 10.2 Å². The molecular formula is C8H8O2S2. The fraction of sp³-hybridized carbons (Fsp3) is 0.125. The molecule has 0 amide bonds. The number of rotatable bonds is 2. The Balaban J connectivity index is 2.93. The molecule has 64 valence electrons. The molecule has 4 heteroatoms. The third kappa shape index (κ3) is 2.28. The van der Waals surface area contributed by atoms with Gasteiger partial charge in [-0.3, -0.25) is 0 Å². The number of thiocarbonyl (C=S) groups is 1. The molecule has 12 heavy (non-hydrogen) atoms. The van der Waals surface area contributed by atoms with Crippen LogP contribution < -0.4 is 0 Å². The van der Waals surface area contributed by atoms with E-state index >= 15 is 0 Å². The number of hydrogen-bond acceptors (Lipinski definition) is 3. The van der Waals surface area contributed by atoms with Gasteiger partial charge in [0.25, 0.3) is 0 Å². The fourth-order valence-corrected chi connectivity index (χ4v) is 1.08. The maximum atomic E-state index is 8.76. The first-order chi connectivity index (χ1) is 5.61. The normalized spacial score (nSPS) is 10.3. The SMILES string of the molecule is OC(O)c1ccc(C(=S)S)cc1. The highest BCUT2D eigenvalue weighted by Gasteiger charge is 2.01. The van der Waals surface area contributed by atoms with Crippen molar-refractivity contribution in [3.05, 3.63) is 35.4 Å². The molecule has 0 saturated carbocycles. The van der Waals surface area contributed by atoms with Crippen LogP contribution in [0, 0.1) is 0 Å². The Labute approximate surface area is 81.3 Å². The van der Waals surface area contributed by atoms with Crippen LogP contribution in [0.4, 0.5) is 0 Å². The van der Waals surface area contributed by atoms with Crippen LogP contribution in [0.25, 0.3) is 0 Å². The lowest BCUT2D eigenvalue weighted by atomic mass is 10.1. The van der Waals surface area contributed by atoms with Crippen molar-refractivity contribution < 1.29 is 10.2 Å². The van der Waals surface area contributed by atoms with Crippen molar-refractivity contribution in [3.8, 4) is 0 Å². The highest BCUT2D eigenvalue weighted by Crippen LogP contribution is 2.12. The van der Waals surface area contributed by atoms with Crippen LogP contribution in [-0.2, 0) is 0 Å². The van der Waals surface area contributed by atoms with Gasteiger partial charge in [0.15, 0.2) is 6.29 Å². The van der Waals surface area contributed by atoms with E-state index in [1.165, 1.54) is 0 Å². The van der Waals surface area contributed by atoms with Crippen molar-refractivity contribution in [3.63, 3.8) is 0 Å². The predicted molar refractivity (Wildman–Crippen MR) is 54.3 cm³/mol. The molecule has 0 unspecified atom stereocenters. The van der Waals surface area contributed by atoms with E-state index in [1.807, 2.05) is 0 Å². The van der Waals surface area contributed by atoms with E-state index < -0.39 is 6.29 Å². The summed E-state index contributed by atoms with van der Waals surface area (Å²) in [6.07, 6.45) is -1.42. The average molecular weight is 200 g/mol. The summed E-state index contributed by atoms with van der Waals surface area (Å²) in [5.74, 6) is 0. The third-order valence-corrected chi connectivity index (χ3v) is 1.95. The molecule has 2 N–H and O–H groups in total. The summed E-state index contributed by atoms with van der Waals surface area (Å²) in [7, 11) is 0. The Bertz CT molecular complexity index is 280. The minimum Gasteiger partial charge on any atom is -0.364 e. The Kier molecular flexibility index (Phi) is 3.22. The zero-order valence-corrected chi connectivity index (χ0v) is 7.85. The summed E-state index contributed by atoms with van der Waals surface area (Å²) in [5, 5.41) is 17.5. The molecule has 0 heterocycles. The van der Waals surface area contributed by atoms with Gasteiger partial charge in [-0.2, -0.15) is 0 Å². The molecule has 0 fully saturated rings. The van der Waals surface area contributed by atoms with E-state index in [4.69, 9.17) is 22.4 Å². The molecule has 0 radical (unpaired) electrons. The monoisotopic (exact) mass is 200 g/mol. The Morgan fingerprint density at radius 3 is 2.08 bits per heavy atom. The van der Waals surface area contributed by atoms with E-state index in [0.29, 0.717) is 9.76 Å². The van der Waals surface area contributed by atoms with Gasteiger partial charge in [-0.25, -0.2) is 0 Å². The van der Waals surface area contributed by atoms with E-state index in [0.717, 1.165) is 5.56 Å². The topological polar surface area (TPSA) is 40.5 Å². The van der Waals surface area contributed by atoms with Crippen molar-refractivity contribution in [2.75, 3.05) is 0 Å². The quantitative estimate of drug-likeness (QED) is 0.382. The first-order valence-corrected chi connectivity index (χ1v) is 4.16. The molecule has 0 saturated heterocycles. The van der Waals surface area contributed by atoms with Crippen LogP contribution in [0.1, 0.15) is 17.4 Å². The summed E-state index contributed by atoms with van der Waals surface area (Å²) in [5.41, 5.74) is 1.25. The maximum Gasteiger partial charge on any atom is 0.178 e. The van der Waals surface area contributed by atoms with Crippen molar-refractivity contribution >= 4 is 29.0 Å². The second kappa shape index (κ2) is 4.00. The van der Waals surface area contributed by atoms with E-state index in [2.05, 4.69) is 12.6 Å². The Morgan fingerprint density at radius 2 is 1.75 bits per heavy atom. The van der Waals surface area contributed by atoms with Gasteiger partial charge in [-0.15, -0.1) is 12.6 Å². The minimum atomic E-state index is -1.42. The van der Waals surface area contributed by atoms with Gasteiger partial charge in [0.1, 0.15) is 0 Å². The molecule has 0 aliphatic carbocycles. The van der Waals surface area contributed by atoms with Crippen molar-refractivity contribution in [2.45, 2.75) is 6.29 Å². The smallest absolute Gasteiger partial charge is 0.178 e. The van der Waals surface area contributed by atoms with Crippen LogP contribution in [0.15, 0.2) is 24.3 Å². The van der Waals surface area contributed by atoms with E-state index in [1.54, 1.807) is 24.3 Å². The first-order valence-electron chi connectivity index (χ1n) is 3.30. The number of hydrogen-bond donors (Lipinski definition) is 3. The molecule has 1 aromatic rings. The number of aliphatic hydroxyl groups excluding tert-OH is 1. The summed E-state index contributed by atoms with van der Waals surface area (Å²) >= 11 is 8.79. The van der Waals surface area contributed by atoms with Crippen molar-refractivity contribution in [1.29, 1.82) is 0 Å². The van der Waals surface area contributed by atoms with Gasteiger partial charge in [-0.05, 0) is 5.56 Å². The van der Waals surface area contributed by atoms with Crippen LogP contribution in [0.5, 0.6) is 0 Å². The summed E-state index contributed by atoms with van der Waals surface area (Å²) < 4.78 is 0.494. The molecular weight excluding hydrogens is 192 g/mol. The van der Waals surface area contributed by atoms with Crippen LogP contribution in [-0.4, -0.2) is 14.4 Å². The number of aliphatic hydroxyl groups is 2. The van der Waals surface area contributed by atoms with Crippen LogP contribution in [0.3, 0.4) is 0 Å². The van der Waals surface area contributed by atoms with E-state index in [9.17, 15) is 0 Å². The van der Waals surface area contributed by atoms with Gasteiger partial charge in [0.2, 0.25) is 0 Å². The predicted octanol–water partition coefficient (Wildman–Crippen LogP) is 1.28. The lowest BCUT2D eigenvalue weighted by Crippen LogP contribution is -1.95. The largest absolute Gasteiger partial charge is 0.364 e. The zero-order chi connectivity index (χ0) is 9.14. The van der Waals surface area contributed by atoms with E-state index in [-0.39, 0.29) is 0 Å². The number of thiol groups is 1. The summed E-state index contributed by atoms with van der Waals surface area (Å²) in [6.45, 7) is 0. The molecule has 0 atom stereocenters. The second-order valence-electron chi connectivity index (χ2n) is 2.30. The molecule has 0 bridgehead atoms. The molecule has 0 aliphatic heterocycles. The zero-order valence-electron chi connectivity index (χ0n) is 6.14. The summed E-state index contributed by atoms with van der Waals surface area (Å²) in [6, 6.07) is 6.60. The van der Waals surface area contributed by atoms with Gasteiger partial charge in [0.05, 0.1) is 4.20 Å². The lowest BCUT2D eigenvalue weighted by molar-refractivity contribution is -0.0424.